The zero-order chi connectivity index (χ0) is 21.2. The summed E-state index contributed by atoms with van der Waals surface area (Å²) in [7, 11) is 0. The van der Waals surface area contributed by atoms with Gasteiger partial charge in [0.2, 0.25) is 0 Å². The Kier molecular flexibility index (Phi) is 7.52. The van der Waals surface area contributed by atoms with Gasteiger partial charge in [0.05, 0.1) is 6.10 Å². The van der Waals surface area contributed by atoms with E-state index in [1.54, 1.807) is 5.57 Å². The van der Waals surface area contributed by atoms with Crippen molar-refractivity contribution in [2.45, 2.75) is 105 Å². The molecule has 0 spiro atoms. The van der Waals surface area contributed by atoms with Gasteiger partial charge in [-0.3, -0.25) is 0 Å². The van der Waals surface area contributed by atoms with Crippen LogP contribution in [0.15, 0.2) is 35.5 Å². The smallest absolute Gasteiger partial charge is 0.0586 e. The standard InChI is InChI=1S/C28H46O/c1-19(2)9-7-10-20(3)26-14-15-27-23(11-8-16-28(26,27)6)12-13-24-18-25(29)17-21(4)22(24)5/h12-13,19-21,25-27,29H,5,7-11,14-18H2,1-4,6H3/b23-12+,24-13-/t20-,21?,25+,26-,27+,28-/m1/s1. The second-order valence-electron chi connectivity index (χ2n) is 11.4. The fraction of sp³-hybridized carbons (Fsp3) is 0.786. The highest BCUT2D eigenvalue weighted by molar-refractivity contribution is 5.37. The Balaban J connectivity index is 1.71. The van der Waals surface area contributed by atoms with Crippen molar-refractivity contribution in [3.63, 3.8) is 0 Å². The molecule has 1 heteroatoms. The minimum Gasteiger partial charge on any atom is -0.393 e. The molecular weight excluding hydrogens is 352 g/mol. The predicted octanol–water partition coefficient (Wildman–Crippen LogP) is 7.87. The van der Waals surface area contributed by atoms with E-state index in [0.29, 0.717) is 11.3 Å². The highest BCUT2D eigenvalue weighted by atomic mass is 16.3. The fourth-order valence-corrected chi connectivity index (χ4v) is 6.98. The van der Waals surface area contributed by atoms with Gasteiger partial charge in [0.25, 0.3) is 0 Å². The topological polar surface area (TPSA) is 20.2 Å². The molecule has 1 N–H and O–H groups in total. The van der Waals surface area contributed by atoms with E-state index in [2.05, 4.69) is 53.3 Å². The van der Waals surface area contributed by atoms with E-state index < -0.39 is 0 Å². The van der Waals surface area contributed by atoms with Crippen LogP contribution in [0.2, 0.25) is 0 Å². The summed E-state index contributed by atoms with van der Waals surface area (Å²) in [4.78, 5) is 0. The van der Waals surface area contributed by atoms with Crippen LogP contribution in [-0.2, 0) is 0 Å². The van der Waals surface area contributed by atoms with Gasteiger partial charge in [-0.1, -0.05) is 78.2 Å². The number of rotatable bonds is 6. The minimum atomic E-state index is -0.195. The summed E-state index contributed by atoms with van der Waals surface area (Å²) in [6, 6.07) is 0. The Morgan fingerprint density at radius 1 is 1.17 bits per heavy atom. The molecule has 0 aromatic carbocycles. The number of fused-ring (bicyclic) bond motifs is 1. The summed E-state index contributed by atoms with van der Waals surface area (Å²) in [6.45, 7) is 16.4. The molecule has 0 aromatic rings. The van der Waals surface area contributed by atoms with Crippen LogP contribution in [0.1, 0.15) is 98.8 Å². The Hall–Kier alpha value is -0.820. The van der Waals surface area contributed by atoms with Crippen LogP contribution >= 0.6 is 0 Å². The first-order chi connectivity index (χ1) is 13.7. The second-order valence-corrected chi connectivity index (χ2v) is 11.4. The maximum atomic E-state index is 10.2. The first kappa shape index (κ1) is 22.9. The van der Waals surface area contributed by atoms with E-state index in [0.717, 1.165) is 36.5 Å². The lowest BCUT2D eigenvalue weighted by Crippen LogP contribution is -2.36. The van der Waals surface area contributed by atoms with Gasteiger partial charge >= 0.3 is 0 Å². The average molecular weight is 399 g/mol. The van der Waals surface area contributed by atoms with Crippen molar-refractivity contribution in [3.05, 3.63) is 35.5 Å². The van der Waals surface area contributed by atoms with Crippen LogP contribution in [-0.4, -0.2) is 11.2 Å². The molecule has 1 unspecified atom stereocenters. The van der Waals surface area contributed by atoms with Gasteiger partial charge in [-0.2, -0.15) is 0 Å². The zero-order valence-corrected chi connectivity index (χ0v) is 19.8. The van der Waals surface area contributed by atoms with Crippen molar-refractivity contribution in [2.75, 3.05) is 0 Å². The quantitative estimate of drug-likeness (QED) is 0.482. The molecule has 0 aliphatic heterocycles. The number of aliphatic hydroxyl groups is 1. The number of allylic oxidation sites excluding steroid dienone is 4. The zero-order valence-electron chi connectivity index (χ0n) is 19.8. The summed E-state index contributed by atoms with van der Waals surface area (Å²) in [5.74, 6) is 3.76. The molecule has 3 saturated carbocycles. The molecule has 3 aliphatic rings. The first-order valence-electron chi connectivity index (χ1n) is 12.5. The van der Waals surface area contributed by atoms with E-state index in [9.17, 15) is 5.11 Å². The lowest BCUT2D eigenvalue weighted by molar-refractivity contribution is 0.0928. The van der Waals surface area contributed by atoms with Crippen molar-refractivity contribution in [1.82, 2.24) is 0 Å². The summed E-state index contributed by atoms with van der Waals surface area (Å²) in [5, 5.41) is 10.2. The van der Waals surface area contributed by atoms with Crippen LogP contribution < -0.4 is 0 Å². The lowest BCUT2D eigenvalue weighted by atomic mass is 9.60. The molecule has 6 atom stereocenters. The average Bonchev–Trinajstić information content (AvgIpc) is 3.00. The third kappa shape index (κ3) is 5.09. The molecule has 0 amide bonds. The van der Waals surface area contributed by atoms with Crippen LogP contribution in [0.4, 0.5) is 0 Å². The molecule has 29 heavy (non-hydrogen) atoms. The highest BCUT2D eigenvalue weighted by Gasteiger charge is 2.50. The van der Waals surface area contributed by atoms with Crippen molar-refractivity contribution < 1.29 is 5.11 Å². The summed E-state index contributed by atoms with van der Waals surface area (Å²) in [5.41, 5.74) is 4.71. The Labute approximate surface area is 180 Å². The maximum absolute atomic E-state index is 10.2. The van der Waals surface area contributed by atoms with E-state index in [4.69, 9.17) is 0 Å². The molecule has 3 rings (SSSR count). The predicted molar refractivity (Wildman–Crippen MR) is 126 cm³/mol. The van der Waals surface area contributed by atoms with Gasteiger partial charge in [-0.15, -0.1) is 0 Å². The molecule has 1 nitrogen and oxygen atoms in total. The largest absolute Gasteiger partial charge is 0.393 e. The van der Waals surface area contributed by atoms with E-state index in [1.165, 1.54) is 62.5 Å². The van der Waals surface area contributed by atoms with Crippen molar-refractivity contribution >= 4 is 0 Å². The Morgan fingerprint density at radius 2 is 1.93 bits per heavy atom. The van der Waals surface area contributed by atoms with Crippen LogP contribution in [0.3, 0.4) is 0 Å². The van der Waals surface area contributed by atoms with E-state index >= 15 is 0 Å². The summed E-state index contributed by atoms with van der Waals surface area (Å²) >= 11 is 0. The van der Waals surface area contributed by atoms with Crippen molar-refractivity contribution in [3.8, 4) is 0 Å². The third-order valence-corrected chi connectivity index (χ3v) is 8.75. The van der Waals surface area contributed by atoms with Gasteiger partial charge in [-0.25, -0.2) is 0 Å². The molecule has 0 heterocycles. The molecule has 164 valence electrons. The SMILES string of the molecule is C=C1/C(=C\C=C2/CCC[C@]3(C)[C@@H]([C@H](C)CCCC(C)C)CC[C@@H]23)C[C@@H](O)CC1C. The molecule has 0 radical (unpaired) electrons. The molecule has 3 fully saturated rings. The van der Waals surface area contributed by atoms with Gasteiger partial charge in [0.15, 0.2) is 0 Å². The third-order valence-electron chi connectivity index (χ3n) is 8.75. The summed E-state index contributed by atoms with van der Waals surface area (Å²) in [6.07, 6.45) is 17.2. The summed E-state index contributed by atoms with van der Waals surface area (Å²) < 4.78 is 0. The Morgan fingerprint density at radius 3 is 2.66 bits per heavy atom. The lowest BCUT2D eigenvalue weighted by Gasteiger charge is -2.44. The number of hydrogen-bond donors (Lipinski definition) is 1. The van der Waals surface area contributed by atoms with Gasteiger partial charge in [-0.05, 0) is 91.1 Å². The first-order valence-corrected chi connectivity index (χ1v) is 12.5. The molecule has 0 saturated heterocycles. The van der Waals surface area contributed by atoms with E-state index in [1.807, 2.05) is 0 Å². The van der Waals surface area contributed by atoms with Gasteiger partial charge < -0.3 is 5.11 Å². The van der Waals surface area contributed by atoms with Crippen LogP contribution in [0.25, 0.3) is 0 Å². The van der Waals surface area contributed by atoms with E-state index in [-0.39, 0.29) is 6.10 Å². The van der Waals surface area contributed by atoms with Crippen LogP contribution in [0.5, 0.6) is 0 Å². The Bertz CT molecular complexity index is 639. The molecular formula is C28H46O. The number of aliphatic hydroxyl groups excluding tert-OH is 1. The molecule has 0 aromatic heterocycles. The van der Waals surface area contributed by atoms with Crippen molar-refractivity contribution in [1.29, 1.82) is 0 Å². The number of hydrogen-bond acceptors (Lipinski definition) is 1. The normalized spacial score (nSPS) is 39.3. The maximum Gasteiger partial charge on any atom is 0.0586 e. The molecule has 0 bridgehead atoms. The van der Waals surface area contributed by atoms with Crippen LogP contribution in [0, 0.1) is 35.0 Å². The van der Waals surface area contributed by atoms with Gasteiger partial charge in [0, 0.05) is 0 Å². The highest BCUT2D eigenvalue weighted by Crippen LogP contribution is 2.60. The van der Waals surface area contributed by atoms with Crippen molar-refractivity contribution in [2.24, 2.45) is 35.0 Å². The van der Waals surface area contributed by atoms with Gasteiger partial charge in [0.1, 0.15) is 0 Å². The minimum absolute atomic E-state index is 0.195. The molecule has 3 aliphatic carbocycles. The monoisotopic (exact) mass is 398 g/mol. The second kappa shape index (κ2) is 9.54. The fourth-order valence-electron chi connectivity index (χ4n) is 6.98.